The molecular formula is C18H15F2N3O3S. The van der Waals surface area contributed by atoms with E-state index in [1.807, 2.05) is 18.2 Å². The molecule has 0 spiro atoms. The van der Waals surface area contributed by atoms with Gasteiger partial charge in [0.15, 0.2) is 0 Å². The van der Waals surface area contributed by atoms with Gasteiger partial charge >= 0.3 is 6.61 Å². The van der Waals surface area contributed by atoms with Gasteiger partial charge < -0.3 is 14.5 Å². The van der Waals surface area contributed by atoms with Crippen molar-refractivity contribution >= 4 is 23.4 Å². The Bertz CT molecular complexity index is 888. The predicted molar refractivity (Wildman–Crippen MR) is 96.8 cm³/mol. The van der Waals surface area contributed by atoms with Crippen molar-refractivity contribution in [1.82, 2.24) is 10.2 Å². The number of nitrogens with zero attached hydrogens (tertiary/aromatic N) is 2. The van der Waals surface area contributed by atoms with Crippen LogP contribution in [0, 0.1) is 0 Å². The van der Waals surface area contributed by atoms with E-state index in [1.165, 1.54) is 24.3 Å². The second-order valence-electron chi connectivity index (χ2n) is 5.39. The monoisotopic (exact) mass is 391 g/mol. The van der Waals surface area contributed by atoms with E-state index >= 15 is 0 Å². The minimum absolute atomic E-state index is 0.0362. The highest BCUT2D eigenvalue weighted by Gasteiger charge is 2.19. The number of hydrogen-bond donors (Lipinski definition) is 1. The molecular weight excluding hydrogens is 376 g/mol. The van der Waals surface area contributed by atoms with Crippen LogP contribution in [-0.2, 0) is 4.79 Å². The molecule has 0 fully saturated rings. The lowest BCUT2D eigenvalue weighted by molar-refractivity contribution is -0.115. The number of amides is 1. The first-order valence-electron chi connectivity index (χ1n) is 7.92. The zero-order chi connectivity index (χ0) is 19.2. The Morgan fingerprint density at radius 1 is 1.11 bits per heavy atom. The first kappa shape index (κ1) is 18.8. The van der Waals surface area contributed by atoms with Crippen molar-refractivity contribution in [3.8, 4) is 17.2 Å². The Hall–Kier alpha value is -2.94. The van der Waals surface area contributed by atoms with E-state index in [0.717, 1.165) is 11.8 Å². The normalized spacial score (nSPS) is 12.0. The van der Waals surface area contributed by atoms with Gasteiger partial charge in [0, 0.05) is 11.3 Å². The lowest BCUT2D eigenvalue weighted by Gasteiger charge is -2.09. The molecule has 9 heteroatoms. The van der Waals surface area contributed by atoms with Crippen LogP contribution in [0.25, 0.3) is 11.5 Å². The summed E-state index contributed by atoms with van der Waals surface area (Å²) >= 11 is 1.12. The van der Waals surface area contributed by atoms with Crippen LogP contribution in [0.4, 0.5) is 14.5 Å². The van der Waals surface area contributed by atoms with Crippen LogP contribution >= 0.6 is 11.8 Å². The average molecular weight is 391 g/mol. The van der Waals surface area contributed by atoms with Gasteiger partial charge in [0.05, 0.1) is 5.25 Å². The number of alkyl halides is 2. The minimum Gasteiger partial charge on any atom is -0.435 e. The fourth-order valence-electron chi connectivity index (χ4n) is 2.12. The first-order valence-corrected chi connectivity index (χ1v) is 8.80. The van der Waals surface area contributed by atoms with E-state index in [1.54, 1.807) is 19.1 Å². The van der Waals surface area contributed by atoms with Crippen molar-refractivity contribution in [2.24, 2.45) is 0 Å². The second-order valence-corrected chi connectivity index (χ2v) is 6.68. The molecule has 1 unspecified atom stereocenters. The summed E-state index contributed by atoms with van der Waals surface area (Å²) in [6.45, 7) is -1.16. The number of carbonyl (C=O) groups is 1. The zero-order valence-electron chi connectivity index (χ0n) is 14.1. The molecule has 3 aromatic rings. The van der Waals surface area contributed by atoms with Gasteiger partial charge in [0.2, 0.25) is 11.8 Å². The van der Waals surface area contributed by atoms with E-state index in [-0.39, 0.29) is 22.8 Å². The molecule has 1 aromatic heterocycles. The SMILES string of the molecule is CC(Sc1nnc(-c2ccc(OC(F)F)cc2)o1)C(=O)Nc1ccccc1. The number of anilines is 1. The van der Waals surface area contributed by atoms with Crippen LogP contribution in [0.5, 0.6) is 5.75 Å². The van der Waals surface area contributed by atoms with Crippen molar-refractivity contribution in [2.45, 2.75) is 24.0 Å². The van der Waals surface area contributed by atoms with Gasteiger partial charge in [-0.2, -0.15) is 8.78 Å². The number of aromatic nitrogens is 2. The number of thioether (sulfide) groups is 1. The molecule has 0 aliphatic heterocycles. The molecule has 1 heterocycles. The van der Waals surface area contributed by atoms with Crippen molar-refractivity contribution in [1.29, 1.82) is 0 Å². The van der Waals surface area contributed by atoms with E-state index in [0.29, 0.717) is 11.3 Å². The Morgan fingerprint density at radius 3 is 2.48 bits per heavy atom. The molecule has 1 amide bonds. The maximum Gasteiger partial charge on any atom is 0.387 e. The fourth-order valence-corrected chi connectivity index (χ4v) is 2.81. The van der Waals surface area contributed by atoms with Crippen LogP contribution in [0.1, 0.15) is 6.92 Å². The van der Waals surface area contributed by atoms with Gasteiger partial charge in [-0.3, -0.25) is 4.79 Å². The van der Waals surface area contributed by atoms with Gasteiger partial charge in [-0.1, -0.05) is 30.0 Å². The van der Waals surface area contributed by atoms with Gasteiger partial charge in [0.1, 0.15) is 5.75 Å². The molecule has 0 aliphatic rings. The van der Waals surface area contributed by atoms with Gasteiger partial charge in [-0.15, -0.1) is 10.2 Å². The third kappa shape index (κ3) is 5.27. The Kier molecular flexibility index (Phi) is 6.02. The number of para-hydroxylation sites is 1. The summed E-state index contributed by atoms with van der Waals surface area (Å²) in [5.74, 6) is 0.0604. The molecule has 3 rings (SSSR count). The van der Waals surface area contributed by atoms with E-state index < -0.39 is 11.9 Å². The fraction of sp³-hybridized carbons (Fsp3) is 0.167. The van der Waals surface area contributed by atoms with Crippen molar-refractivity contribution in [3.63, 3.8) is 0 Å². The van der Waals surface area contributed by atoms with Gasteiger partial charge in [0.25, 0.3) is 5.22 Å². The third-order valence-corrected chi connectivity index (χ3v) is 4.36. The smallest absolute Gasteiger partial charge is 0.387 e. The molecule has 1 N–H and O–H groups in total. The number of nitrogens with one attached hydrogen (secondary N) is 1. The lowest BCUT2D eigenvalue weighted by atomic mass is 10.2. The topological polar surface area (TPSA) is 77.2 Å². The van der Waals surface area contributed by atoms with E-state index in [9.17, 15) is 13.6 Å². The summed E-state index contributed by atoms with van der Waals surface area (Å²) in [5.41, 5.74) is 1.25. The molecule has 1 atom stereocenters. The number of rotatable bonds is 7. The average Bonchev–Trinajstić information content (AvgIpc) is 3.11. The summed E-state index contributed by atoms with van der Waals surface area (Å²) in [6.07, 6.45) is 0. The number of ether oxygens (including phenoxy) is 1. The summed E-state index contributed by atoms with van der Waals surface area (Å²) in [7, 11) is 0. The number of benzene rings is 2. The number of halogens is 2. The van der Waals surface area contributed by atoms with Crippen LogP contribution in [0.2, 0.25) is 0 Å². The highest BCUT2D eigenvalue weighted by atomic mass is 32.2. The van der Waals surface area contributed by atoms with Crippen LogP contribution in [0.3, 0.4) is 0 Å². The molecule has 27 heavy (non-hydrogen) atoms. The number of carbonyl (C=O) groups excluding carboxylic acids is 1. The van der Waals surface area contributed by atoms with E-state index in [2.05, 4.69) is 20.3 Å². The molecule has 0 saturated carbocycles. The predicted octanol–water partition coefficient (Wildman–Crippen LogP) is 4.46. The van der Waals surface area contributed by atoms with Crippen molar-refractivity contribution in [3.05, 3.63) is 54.6 Å². The zero-order valence-corrected chi connectivity index (χ0v) is 15.0. The van der Waals surface area contributed by atoms with Crippen LogP contribution in [-0.4, -0.2) is 28.0 Å². The van der Waals surface area contributed by atoms with Crippen molar-refractivity contribution < 1.29 is 22.7 Å². The molecule has 2 aromatic carbocycles. The van der Waals surface area contributed by atoms with E-state index in [4.69, 9.17) is 4.42 Å². The maximum absolute atomic E-state index is 12.2. The molecule has 0 bridgehead atoms. The minimum atomic E-state index is -2.88. The molecule has 140 valence electrons. The van der Waals surface area contributed by atoms with Crippen molar-refractivity contribution in [2.75, 3.05) is 5.32 Å². The lowest BCUT2D eigenvalue weighted by Crippen LogP contribution is -2.22. The third-order valence-electron chi connectivity index (χ3n) is 3.42. The summed E-state index contributed by atoms with van der Waals surface area (Å²) in [6, 6.07) is 14.9. The summed E-state index contributed by atoms with van der Waals surface area (Å²) in [5, 5.41) is 10.4. The number of hydrogen-bond acceptors (Lipinski definition) is 6. The largest absolute Gasteiger partial charge is 0.435 e. The summed E-state index contributed by atoms with van der Waals surface area (Å²) < 4.78 is 34.2. The molecule has 6 nitrogen and oxygen atoms in total. The molecule has 0 radical (unpaired) electrons. The van der Waals surface area contributed by atoms with Gasteiger partial charge in [-0.05, 0) is 43.3 Å². The Labute approximate surface area is 157 Å². The molecule has 0 saturated heterocycles. The summed E-state index contributed by atoms with van der Waals surface area (Å²) in [4.78, 5) is 12.2. The maximum atomic E-state index is 12.2. The Balaban J connectivity index is 1.61. The highest BCUT2D eigenvalue weighted by molar-refractivity contribution is 8.00. The van der Waals surface area contributed by atoms with Crippen LogP contribution in [0.15, 0.2) is 64.2 Å². The van der Waals surface area contributed by atoms with Gasteiger partial charge in [-0.25, -0.2) is 0 Å². The first-order chi connectivity index (χ1) is 13.0. The highest BCUT2D eigenvalue weighted by Crippen LogP contribution is 2.28. The molecule has 0 aliphatic carbocycles. The quantitative estimate of drug-likeness (QED) is 0.600. The van der Waals surface area contributed by atoms with Crippen LogP contribution < -0.4 is 10.1 Å². The standard InChI is InChI=1S/C18H15F2N3O3S/c1-11(15(24)21-13-5-3-2-4-6-13)27-18-23-22-16(26-18)12-7-9-14(10-8-12)25-17(19)20/h2-11,17H,1H3,(H,21,24). The second kappa shape index (κ2) is 8.63. The Morgan fingerprint density at radius 2 is 1.81 bits per heavy atom.